The minimum absolute atomic E-state index is 0.145. The lowest BCUT2D eigenvalue weighted by Crippen LogP contribution is -2.10. The molecule has 0 radical (unpaired) electrons. The van der Waals surface area contributed by atoms with Gasteiger partial charge in [-0.05, 0) is 49.5 Å². The van der Waals surface area contributed by atoms with Crippen LogP contribution in [0.5, 0.6) is 0 Å². The van der Waals surface area contributed by atoms with E-state index in [1.807, 2.05) is 12.1 Å². The van der Waals surface area contributed by atoms with E-state index in [4.69, 9.17) is 9.90 Å². The molecule has 2 rings (SSSR count). The highest BCUT2D eigenvalue weighted by Gasteiger charge is 2.14. The Hall–Kier alpha value is -1.42. The molecule has 0 unspecified atom stereocenters. The van der Waals surface area contributed by atoms with Crippen molar-refractivity contribution >= 4 is 6.47 Å². The van der Waals surface area contributed by atoms with Crippen molar-refractivity contribution in [3.8, 4) is 0 Å². The first-order valence-corrected chi connectivity index (χ1v) is 5.29. The van der Waals surface area contributed by atoms with Crippen molar-refractivity contribution < 1.29 is 14.3 Å². The van der Waals surface area contributed by atoms with Gasteiger partial charge >= 0.3 is 0 Å². The Balaban J connectivity index is 0.000000386. The molecule has 1 saturated heterocycles. The number of rotatable bonds is 2. The third-order valence-electron chi connectivity index (χ3n) is 2.60. The van der Waals surface area contributed by atoms with Crippen LogP contribution in [0.15, 0.2) is 24.3 Å². The molecular formula is C12H16FNO2. The average Bonchev–Trinajstić information content (AvgIpc) is 2.75. The van der Waals surface area contributed by atoms with Crippen molar-refractivity contribution in [3.05, 3.63) is 35.6 Å². The van der Waals surface area contributed by atoms with Gasteiger partial charge in [-0.25, -0.2) is 4.39 Å². The molecule has 0 saturated carbocycles. The zero-order valence-corrected chi connectivity index (χ0v) is 9.03. The van der Waals surface area contributed by atoms with E-state index < -0.39 is 0 Å². The molecule has 0 amide bonds. The highest BCUT2D eigenvalue weighted by Crippen LogP contribution is 2.15. The molecule has 0 aromatic heterocycles. The van der Waals surface area contributed by atoms with Crippen molar-refractivity contribution in [2.75, 3.05) is 13.1 Å². The Morgan fingerprint density at radius 3 is 2.56 bits per heavy atom. The van der Waals surface area contributed by atoms with Crippen LogP contribution < -0.4 is 5.32 Å². The van der Waals surface area contributed by atoms with Crippen molar-refractivity contribution in [3.63, 3.8) is 0 Å². The molecule has 0 bridgehead atoms. The van der Waals surface area contributed by atoms with Gasteiger partial charge in [-0.3, -0.25) is 4.79 Å². The zero-order valence-electron chi connectivity index (χ0n) is 9.03. The number of carbonyl (C=O) groups is 1. The summed E-state index contributed by atoms with van der Waals surface area (Å²) in [6, 6.07) is 6.84. The van der Waals surface area contributed by atoms with Gasteiger partial charge in [-0.2, -0.15) is 0 Å². The van der Waals surface area contributed by atoms with Crippen LogP contribution >= 0.6 is 0 Å². The summed E-state index contributed by atoms with van der Waals surface area (Å²) in [4.78, 5) is 8.36. The van der Waals surface area contributed by atoms with Gasteiger partial charge in [0, 0.05) is 0 Å². The SMILES string of the molecule is Fc1ccc(C[C@H]2CCNC2)cc1.O=CO. The molecule has 1 aromatic carbocycles. The van der Waals surface area contributed by atoms with Crippen molar-refractivity contribution in [1.82, 2.24) is 5.32 Å². The fourth-order valence-corrected chi connectivity index (χ4v) is 1.84. The van der Waals surface area contributed by atoms with Crippen molar-refractivity contribution in [1.29, 1.82) is 0 Å². The molecule has 0 spiro atoms. The third-order valence-corrected chi connectivity index (χ3v) is 2.60. The van der Waals surface area contributed by atoms with Gasteiger partial charge in [-0.1, -0.05) is 12.1 Å². The van der Waals surface area contributed by atoms with Gasteiger partial charge in [0.1, 0.15) is 5.82 Å². The van der Waals surface area contributed by atoms with E-state index in [0.29, 0.717) is 0 Å². The highest BCUT2D eigenvalue weighted by atomic mass is 19.1. The molecule has 1 aromatic rings. The Bertz CT molecular complexity index is 307. The molecule has 88 valence electrons. The number of hydrogen-bond acceptors (Lipinski definition) is 2. The average molecular weight is 225 g/mol. The van der Waals surface area contributed by atoms with E-state index >= 15 is 0 Å². The lowest BCUT2D eigenvalue weighted by molar-refractivity contribution is -0.122. The second kappa shape index (κ2) is 6.95. The quantitative estimate of drug-likeness (QED) is 0.753. The Morgan fingerprint density at radius 1 is 1.44 bits per heavy atom. The minimum Gasteiger partial charge on any atom is -0.483 e. The Morgan fingerprint density at radius 2 is 2.06 bits per heavy atom. The van der Waals surface area contributed by atoms with E-state index in [1.165, 1.54) is 24.1 Å². The van der Waals surface area contributed by atoms with Crippen LogP contribution in [0.1, 0.15) is 12.0 Å². The topological polar surface area (TPSA) is 49.3 Å². The molecule has 3 nitrogen and oxygen atoms in total. The lowest BCUT2D eigenvalue weighted by atomic mass is 9.99. The van der Waals surface area contributed by atoms with Gasteiger partial charge in [0.25, 0.3) is 6.47 Å². The molecule has 4 heteroatoms. The predicted octanol–water partition coefficient (Wildman–Crippen LogP) is 1.68. The number of halogens is 1. The second-order valence-corrected chi connectivity index (χ2v) is 3.79. The number of hydrogen-bond donors (Lipinski definition) is 2. The second-order valence-electron chi connectivity index (χ2n) is 3.79. The number of nitrogens with one attached hydrogen (secondary N) is 1. The van der Waals surface area contributed by atoms with Crippen molar-refractivity contribution in [2.45, 2.75) is 12.8 Å². The molecule has 1 fully saturated rings. The minimum atomic E-state index is -0.250. The van der Waals surface area contributed by atoms with E-state index in [1.54, 1.807) is 0 Å². The van der Waals surface area contributed by atoms with Crippen molar-refractivity contribution in [2.24, 2.45) is 5.92 Å². The van der Waals surface area contributed by atoms with Crippen LogP contribution in [-0.4, -0.2) is 24.7 Å². The first-order valence-electron chi connectivity index (χ1n) is 5.29. The van der Waals surface area contributed by atoms with E-state index in [-0.39, 0.29) is 12.3 Å². The standard InChI is InChI=1S/C11H14FN.CH2O2/c12-11-3-1-9(2-4-11)7-10-5-6-13-8-10;2-1-3/h1-4,10,13H,5-8H2;1H,(H,2,3)/t10-;/m1./s1. The summed E-state index contributed by atoms with van der Waals surface area (Å²) in [6.07, 6.45) is 2.32. The maximum absolute atomic E-state index is 12.6. The third kappa shape index (κ3) is 4.40. The Labute approximate surface area is 94.3 Å². The van der Waals surface area contributed by atoms with Gasteiger partial charge < -0.3 is 10.4 Å². The summed E-state index contributed by atoms with van der Waals surface area (Å²) in [6.45, 7) is 1.99. The van der Waals surface area contributed by atoms with Crippen LogP contribution in [0.4, 0.5) is 4.39 Å². The van der Waals surface area contributed by atoms with Crippen LogP contribution in [0, 0.1) is 11.7 Å². The largest absolute Gasteiger partial charge is 0.483 e. The first kappa shape index (κ1) is 12.6. The zero-order chi connectivity index (χ0) is 11.8. The lowest BCUT2D eigenvalue weighted by Gasteiger charge is -2.07. The molecule has 1 heterocycles. The first-order chi connectivity index (χ1) is 7.76. The fourth-order valence-electron chi connectivity index (χ4n) is 1.84. The Kier molecular flexibility index (Phi) is 5.50. The summed E-state index contributed by atoms with van der Waals surface area (Å²) in [5.41, 5.74) is 1.25. The van der Waals surface area contributed by atoms with E-state index in [2.05, 4.69) is 5.32 Å². The molecular weight excluding hydrogens is 209 g/mol. The molecule has 1 aliphatic rings. The van der Waals surface area contributed by atoms with Crippen LogP contribution in [0.25, 0.3) is 0 Å². The summed E-state index contributed by atoms with van der Waals surface area (Å²) in [7, 11) is 0. The summed E-state index contributed by atoms with van der Waals surface area (Å²) < 4.78 is 12.6. The molecule has 16 heavy (non-hydrogen) atoms. The molecule has 1 aliphatic heterocycles. The summed E-state index contributed by atoms with van der Waals surface area (Å²) in [5, 5.41) is 10.2. The molecule has 0 aliphatic carbocycles. The molecule has 1 atom stereocenters. The van der Waals surface area contributed by atoms with Gasteiger partial charge in [0.05, 0.1) is 0 Å². The van der Waals surface area contributed by atoms with Crippen LogP contribution in [-0.2, 0) is 11.2 Å². The smallest absolute Gasteiger partial charge is 0.290 e. The predicted molar refractivity (Wildman–Crippen MR) is 59.8 cm³/mol. The monoisotopic (exact) mass is 225 g/mol. The summed E-state index contributed by atoms with van der Waals surface area (Å²) >= 11 is 0. The fraction of sp³-hybridized carbons (Fsp3) is 0.417. The van der Waals surface area contributed by atoms with Gasteiger partial charge in [0.2, 0.25) is 0 Å². The number of carboxylic acid groups (broad SMARTS) is 1. The highest BCUT2D eigenvalue weighted by molar-refractivity contribution is 5.32. The normalized spacial score (nSPS) is 18.7. The van der Waals surface area contributed by atoms with Gasteiger partial charge in [-0.15, -0.1) is 0 Å². The number of benzene rings is 1. The van der Waals surface area contributed by atoms with Gasteiger partial charge in [0.15, 0.2) is 0 Å². The van der Waals surface area contributed by atoms with Crippen LogP contribution in [0.3, 0.4) is 0 Å². The molecule has 2 N–H and O–H groups in total. The summed E-state index contributed by atoms with van der Waals surface area (Å²) in [5.74, 6) is 0.596. The maximum atomic E-state index is 12.6. The van der Waals surface area contributed by atoms with E-state index in [9.17, 15) is 4.39 Å². The van der Waals surface area contributed by atoms with Crippen LogP contribution in [0.2, 0.25) is 0 Å². The maximum Gasteiger partial charge on any atom is 0.290 e. The van der Waals surface area contributed by atoms with E-state index in [0.717, 1.165) is 25.4 Å².